The number of nitrogens with one attached hydrogen (secondary N) is 1. The molecule has 0 rings (SSSR count). The van der Waals surface area contributed by atoms with Crippen LogP contribution in [0.4, 0.5) is 0 Å². The average molecular weight is 864 g/mol. The standard InChI is InChI=1S/C55H109NO5/c1-3-5-7-9-11-13-15-16-17-21-24-28-31-35-39-43-47-53(58)52(51-57)56-54(59)48-44-40-36-32-29-25-22-19-18-20-23-26-30-34-38-42-46-50-61-55(60)49-45-41-37-33-27-14-12-10-8-6-4-2/h52-53,57-58H,3-51H2,1-2H3,(H,56,59). The Bertz CT molecular complexity index is 867. The molecule has 0 heterocycles. The highest BCUT2D eigenvalue weighted by molar-refractivity contribution is 5.76. The van der Waals surface area contributed by atoms with Gasteiger partial charge in [-0.25, -0.2) is 0 Å². The summed E-state index contributed by atoms with van der Waals surface area (Å²) in [5.74, 6) is -0.0317. The predicted octanol–water partition coefficient (Wildman–Crippen LogP) is 16.7. The van der Waals surface area contributed by atoms with Gasteiger partial charge in [0.05, 0.1) is 25.4 Å². The van der Waals surface area contributed by atoms with Crippen LogP contribution in [0.15, 0.2) is 0 Å². The monoisotopic (exact) mass is 864 g/mol. The lowest BCUT2D eigenvalue weighted by atomic mass is 10.0. The first kappa shape index (κ1) is 59.9. The fourth-order valence-electron chi connectivity index (χ4n) is 8.88. The minimum atomic E-state index is -0.666. The van der Waals surface area contributed by atoms with E-state index >= 15 is 0 Å². The zero-order chi connectivity index (χ0) is 44.4. The van der Waals surface area contributed by atoms with Crippen LogP contribution in [0.1, 0.15) is 316 Å². The van der Waals surface area contributed by atoms with Gasteiger partial charge in [0.15, 0.2) is 0 Å². The largest absolute Gasteiger partial charge is 0.466 e. The van der Waals surface area contributed by atoms with Crippen molar-refractivity contribution in [3.63, 3.8) is 0 Å². The van der Waals surface area contributed by atoms with Crippen molar-refractivity contribution < 1.29 is 24.5 Å². The lowest BCUT2D eigenvalue weighted by molar-refractivity contribution is -0.143. The quantitative estimate of drug-likeness (QED) is 0.0418. The third-order valence-corrected chi connectivity index (χ3v) is 13.2. The number of esters is 1. The fraction of sp³-hybridized carbons (Fsp3) is 0.964. The Balaban J connectivity index is 3.41. The number of ether oxygens (including phenoxy) is 1. The van der Waals surface area contributed by atoms with Gasteiger partial charge >= 0.3 is 5.97 Å². The molecule has 0 saturated heterocycles. The number of amides is 1. The first-order chi connectivity index (χ1) is 30.0. The van der Waals surface area contributed by atoms with Gasteiger partial charge in [-0.05, 0) is 25.7 Å². The van der Waals surface area contributed by atoms with Crippen LogP contribution in [0.2, 0.25) is 0 Å². The van der Waals surface area contributed by atoms with Crippen molar-refractivity contribution in [2.75, 3.05) is 13.2 Å². The molecule has 0 aliphatic carbocycles. The number of rotatable bonds is 52. The summed E-state index contributed by atoms with van der Waals surface area (Å²) in [7, 11) is 0. The molecule has 0 spiro atoms. The van der Waals surface area contributed by atoms with Crippen LogP contribution in [-0.4, -0.2) is 47.4 Å². The number of hydrogen-bond acceptors (Lipinski definition) is 5. The summed E-state index contributed by atoms with van der Waals surface area (Å²) in [5.41, 5.74) is 0. The Labute approximate surface area is 381 Å². The van der Waals surface area contributed by atoms with Gasteiger partial charge in [0.2, 0.25) is 5.91 Å². The van der Waals surface area contributed by atoms with Gasteiger partial charge in [0.25, 0.3) is 0 Å². The second kappa shape index (κ2) is 51.5. The van der Waals surface area contributed by atoms with E-state index in [1.54, 1.807) is 0 Å². The van der Waals surface area contributed by atoms with Crippen LogP contribution in [0.3, 0.4) is 0 Å². The zero-order valence-electron chi connectivity index (χ0n) is 41.4. The van der Waals surface area contributed by atoms with Gasteiger partial charge in [0, 0.05) is 12.8 Å². The van der Waals surface area contributed by atoms with Gasteiger partial charge in [-0.1, -0.05) is 277 Å². The Hall–Kier alpha value is -1.14. The second-order valence-corrected chi connectivity index (χ2v) is 19.3. The molecule has 0 aliphatic rings. The predicted molar refractivity (Wildman–Crippen MR) is 264 cm³/mol. The Morgan fingerprint density at radius 3 is 1.00 bits per heavy atom. The van der Waals surface area contributed by atoms with Crippen molar-refractivity contribution in [2.45, 2.75) is 328 Å². The molecule has 0 aromatic rings. The number of unbranched alkanes of at least 4 members (excludes halogenated alkanes) is 41. The van der Waals surface area contributed by atoms with Crippen LogP contribution >= 0.6 is 0 Å². The summed E-state index contributed by atoms with van der Waals surface area (Å²) in [4.78, 5) is 24.5. The molecule has 6 heteroatoms. The third-order valence-electron chi connectivity index (χ3n) is 13.2. The van der Waals surface area contributed by atoms with Crippen LogP contribution in [0, 0.1) is 0 Å². The highest BCUT2D eigenvalue weighted by Gasteiger charge is 2.20. The zero-order valence-corrected chi connectivity index (χ0v) is 41.4. The van der Waals surface area contributed by atoms with Gasteiger partial charge < -0.3 is 20.3 Å². The highest BCUT2D eigenvalue weighted by atomic mass is 16.5. The SMILES string of the molecule is CCCCCCCCCCCCCCCCCCC(O)C(CO)NC(=O)CCCCCCCCCCCCCCCCCCCOC(=O)CCCCCCCCCCCCC. The smallest absolute Gasteiger partial charge is 0.305 e. The van der Waals surface area contributed by atoms with Crippen LogP contribution in [-0.2, 0) is 14.3 Å². The summed E-state index contributed by atoms with van der Waals surface area (Å²) in [5, 5.41) is 23.3. The van der Waals surface area contributed by atoms with Crippen molar-refractivity contribution in [2.24, 2.45) is 0 Å². The fourth-order valence-corrected chi connectivity index (χ4v) is 8.88. The minimum absolute atomic E-state index is 0.00585. The maximum atomic E-state index is 12.5. The van der Waals surface area contributed by atoms with E-state index in [9.17, 15) is 19.8 Å². The lowest BCUT2D eigenvalue weighted by Gasteiger charge is -2.22. The summed E-state index contributed by atoms with van der Waals surface area (Å²) in [6.45, 7) is 4.96. The summed E-state index contributed by atoms with van der Waals surface area (Å²) in [6.07, 6.45) is 57.9. The number of carbonyl (C=O) groups excluding carboxylic acids is 2. The molecule has 364 valence electrons. The summed E-state index contributed by atoms with van der Waals surface area (Å²) in [6, 6.07) is -0.544. The van der Waals surface area contributed by atoms with E-state index in [1.165, 1.54) is 244 Å². The van der Waals surface area contributed by atoms with Crippen molar-refractivity contribution in [1.82, 2.24) is 5.32 Å². The maximum absolute atomic E-state index is 12.5. The van der Waals surface area contributed by atoms with E-state index < -0.39 is 12.1 Å². The van der Waals surface area contributed by atoms with Crippen LogP contribution in [0.5, 0.6) is 0 Å². The number of hydrogen-bond donors (Lipinski definition) is 3. The Morgan fingerprint density at radius 2 is 0.672 bits per heavy atom. The molecule has 0 bridgehead atoms. The summed E-state index contributed by atoms with van der Waals surface area (Å²) >= 11 is 0. The molecule has 0 aliphatic heterocycles. The van der Waals surface area contributed by atoms with E-state index in [2.05, 4.69) is 19.2 Å². The Morgan fingerprint density at radius 1 is 0.393 bits per heavy atom. The van der Waals surface area contributed by atoms with Crippen LogP contribution in [0.25, 0.3) is 0 Å². The first-order valence-electron chi connectivity index (χ1n) is 27.8. The molecule has 3 N–H and O–H groups in total. The molecule has 0 aromatic carbocycles. The molecule has 2 atom stereocenters. The molecule has 0 radical (unpaired) electrons. The third kappa shape index (κ3) is 48.2. The summed E-state index contributed by atoms with van der Waals surface area (Å²) < 4.78 is 5.46. The molecule has 0 saturated carbocycles. The molecular formula is C55H109NO5. The van der Waals surface area contributed by atoms with E-state index in [4.69, 9.17) is 4.74 Å². The molecule has 2 unspecified atom stereocenters. The number of aliphatic hydroxyl groups excluding tert-OH is 2. The first-order valence-corrected chi connectivity index (χ1v) is 27.8. The van der Waals surface area contributed by atoms with Crippen molar-refractivity contribution in [3.8, 4) is 0 Å². The van der Waals surface area contributed by atoms with Gasteiger partial charge in [-0.3, -0.25) is 9.59 Å². The van der Waals surface area contributed by atoms with Crippen molar-refractivity contribution >= 4 is 11.9 Å². The van der Waals surface area contributed by atoms with Crippen molar-refractivity contribution in [3.05, 3.63) is 0 Å². The van der Waals surface area contributed by atoms with E-state index in [0.29, 0.717) is 25.9 Å². The molecule has 0 aromatic heterocycles. The second-order valence-electron chi connectivity index (χ2n) is 19.3. The maximum Gasteiger partial charge on any atom is 0.305 e. The van der Waals surface area contributed by atoms with Crippen LogP contribution < -0.4 is 5.32 Å². The van der Waals surface area contributed by atoms with E-state index in [-0.39, 0.29) is 18.5 Å². The van der Waals surface area contributed by atoms with Crippen molar-refractivity contribution in [1.29, 1.82) is 0 Å². The topological polar surface area (TPSA) is 95.9 Å². The molecular weight excluding hydrogens is 755 g/mol. The normalized spacial score (nSPS) is 12.5. The number of aliphatic hydroxyl groups is 2. The lowest BCUT2D eigenvalue weighted by Crippen LogP contribution is -2.45. The molecule has 61 heavy (non-hydrogen) atoms. The van der Waals surface area contributed by atoms with Gasteiger partial charge in [0.1, 0.15) is 0 Å². The Kier molecular flexibility index (Phi) is 50.5. The molecule has 6 nitrogen and oxygen atoms in total. The molecule has 1 amide bonds. The van der Waals surface area contributed by atoms with Gasteiger partial charge in [-0.2, -0.15) is 0 Å². The number of carbonyl (C=O) groups is 2. The van der Waals surface area contributed by atoms with E-state index in [0.717, 1.165) is 38.5 Å². The average Bonchev–Trinajstić information content (AvgIpc) is 3.26. The minimum Gasteiger partial charge on any atom is -0.466 e. The molecule has 0 fully saturated rings. The van der Waals surface area contributed by atoms with Gasteiger partial charge in [-0.15, -0.1) is 0 Å². The van der Waals surface area contributed by atoms with E-state index in [1.807, 2.05) is 0 Å². The highest BCUT2D eigenvalue weighted by Crippen LogP contribution is 2.18.